The topological polar surface area (TPSA) is 98.4 Å². The zero-order chi connectivity index (χ0) is 29.9. The molecule has 0 aliphatic carbocycles. The number of para-hydroxylation sites is 1. The lowest BCUT2D eigenvalue weighted by Gasteiger charge is -2.37. The van der Waals surface area contributed by atoms with Crippen molar-refractivity contribution in [3.63, 3.8) is 0 Å². The van der Waals surface area contributed by atoms with Gasteiger partial charge in [-0.3, -0.25) is 4.90 Å². The SMILES string of the molecule is C\C1=C/C=C\C(c2cccc(C)c2OCc2ccc3c(c2)CCN(C2CCOCC2)C3)=N\C(C)Oc2c(C(=O)O)cnn21. The lowest BCUT2D eigenvalue weighted by Crippen LogP contribution is -2.42. The Morgan fingerprint density at radius 1 is 1.14 bits per heavy atom. The molecule has 0 amide bonds. The molecule has 1 unspecified atom stereocenters. The number of aromatic carboxylic acids is 1. The summed E-state index contributed by atoms with van der Waals surface area (Å²) in [5.74, 6) is -0.196. The number of fused-ring (bicyclic) bond motifs is 2. The number of carboxylic acid groups (broad SMARTS) is 1. The molecule has 1 atom stereocenters. The van der Waals surface area contributed by atoms with Gasteiger partial charge in [-0.25, -0.2) is 14.5 Å². The molecule has 1 N–H and O–H groups in total. The average molecular weight is 583 g/mol. The molecule has 1 fully saturated rings. The Balaban J connectivity index is 1.22. The van der Waals surface area contributed by atoms with Crippen LogP contribution in [0.3, 0.4) is 0 Å². The highest BCUT2D eigenvalue weighted by atomic mass is 16.5. The van der Waals surface area contributed by atoms with Crippen LogP contribution in [-0.4, -0.2) is 63.5 Å². The number of aliphatic imine (C=N–C) groups is 1. The van der Waals surface area contributed by atoms with E-state index >= 15 is 0 Å². The van der Waals surface area contributed by atoms with Gasteiger partial charge in [0.05, 0.1) is 11.9 Å². The van der Waals surface area contributed by atoms with Crippen LogP contribution in [0.2, 0.25) is 0 Å². The van der Waals surface area contributed by atoms with Crippen LogP contribution in [0.5, 0.6) is 11.6 Å². The molecule has 0 radical (unpaired) electrons. The molecule has 0 spiro atoms. The highest BCUT2D eigenvalue weighted by Crippen LogP contribution is 2.30. The number of aryl methyl sites for hydroxylation is 1. The van der Waals surface area contributed by atoms with Gasteiger partial charge < -0.3 is 19.3 Å². The lowest BCUT2D eigenvalue weighted by atomic mass is 9.95. The van der Waals surface area contributed by atoms with E-state index in [2.05, 4.69) is 28.2 Å². The highest BCUT2D eigenvalue weighted by Gasteiger charge is 2.26. The van der Waals surface area contributed by atoms with Crippen molar-refractivity contribution >= 4 is 17.4 Å². The van der Waals surface area contributed by atoms with Gasteiger partial charge in [0.2, 0.25) is 5.88 Å². The third-order valence-electron chi connectivity index (χ3n) is 8.37. The van der Waals surface area contributed by atoms with Gasteiger partial charge in [-0.2, -0.15) is 5.10 Å². The van der Waals surface area contributed by atoms with Crippen molar-refractivity contribution in [1.82, 2.24) is 14.7 Å². The molecule has 9 heteroatoms. The fourth-order valence-electron chi connectivity index (χ4n) is 6.06. The molecule has 6 rings (SSSR count). The van der Waals surface area contributed by atoms with Gasteiger partial charge in [-0.15, -0.1) is 0 Å². The number of benzene rings is 2. The van der Waals surface area contributed by atoms with Gasteiger partial charge in [-0.05, 0) is 80.5 Å². The van der Waals surface area contributed by atoms with Gasteiger partial charge >= 0.3 is 5.97 Å². The average Bonchev–Trinajstić information content (AvgIpc) is 3.43. The summed E-state index contributed by atoms with van der Waals surface area (Å²) in [5.41, 5.74) is 7.18. The van der Waals surface area contributed by atoms with Crippen LogP contribution >= 0.6 is 0 Å². The Morgan fingerprint density at radius 2 is 1.98 bits per heavy atom. The molecule has 2 aromatic carbocycles. The van der Waals surface area contributed by atoms with E-state index < -0.39 is 12.2 Å². The molecule has 4 heterocycles. The summed E-state index contributed by atoms with van der Waals surface area (Å²) in [4.78, 5) is 19.2. The van der Waals surface area contributed by atoms with E-state index in [1.165, 1.54) is 22.0 Å². The van der Waals surface area contributed by atoms with Gasteiger partial charge in [-0.1, -0.05) is 36.4 Å². The summed E-state index contributed by atoms with van der Waals surface area (Å²) in [6.07, 6.45) is 9.56. The van der Waals surface area contributed by atoms with Gasteiger partial charge in [0.25, 0.3) is 0 Å². The summed E-state index contributed by atoms with van der Waals surface area (Å²) >= 11 is 0. The van der Waals surface area contributed by atoms with Crippen LogP contribution in [0.25, 0.3) is 5.70 Å². The largest absolute Gasteiger partial charge is 0.488 e. The number of carboxylic acids is 1. The Bertz CT molecular complexity index is 1600. The van der Waals surface area contributed by atoms with E-state index in [0.717, 1.165) is 73.7 Å². The molecule has 3 aliphatic heterocycles. The van der Waals surface area contributed by atoms with E-state index in [0.29, 0.717) is 18.4 Å². The smallest absolute Gasteiger partial charge is 0.342 e. The van der Waals surface area contributed by atoms with Crippen LogP contribution in [0.4, 0.5) is 0 Å². The first-order valence-corrected chi connectivity index (χ1v) is 14.9. The normalized spacial score (nSPS) is 22.6. The monoisotopic (exact) mass is 582 g/mol. The predicted octanol–water partition coefficient (Wildman–Crippen LogP) is 5.65. The number of allylic oxidation sites excluding steroid dienone is 4. The van der Waals surface area contributed by atoms with Crippen molar-refractivity contribution in [2.45, 2.75) is 65.5 Å². The van der Waals surface area contributed by atoms with Crippen molar-refractivity contribution in [1.29, 1.82) is 0 Å². The second kappa shape index (κ2) is 12.6. The first-order valence-electron chi connectivity index (χ1n) is 14.9. The third kappa shape index (κ3) is 6.28. The summed E-state index contributed by atoms with van der Waals surface area (Å²) in [7, 11) is 0. The molecule has 3 aromatic rings. The van der Waals surface area contributed by atoms with Crippen LogP contribution < -0.4 is 9.47 Å². The minimum atomic E-state index is -1.11. The number of rotatable bonds is 6. The number of aromatic nitrogens is 2. The summed E-state index contributed by atoms with van der Waals surface area (Å²) in [5, 5.41) is 13.9. The number of hydrogen-bond donors (Lipinski definition) is 1. The minimum absolute atomic E-state index is 0.0122. The maximum atomic E-state index is 11.8. The van der Waals surface area contributed by atoms with Crippen molar-refractivity contribution < 1.29 is 24.1 Å². The van der Waals surface area contributed by atoms with Crippen molar-refractivity contribution in [2.75, 3.05) is 19.8 Å². The van der Waals surface area contributed by atoms with Crippen LogP contribution in [0.15, 0.2) is 65.8 Å². The van der Waals surface area contributed by atoms with E-state index in [4.69, 9.17) is 19.2 Å². The molecule has 1 saturated heterocycles. The molecule has 9 nitrogen and oxygen atoms in total. The van der Waals surface area contributed by atoms with E-state index in [-0.39, 0.29) is 11.4 Å². The minimum Gasteiger partial charge on any atom is -0.488 e. The van der Waals surface area contributed by atoms with Crippen molar-refractivity contribution in [2.24, 2.45) is 4.99 Å². The summed E-state index contributed by atoms with van der Waals surface area (Å²) < 4.78 is 19.6. The van der Waals surface area contributed by atoms with E-state index in [1.807, 2.05) is 50.3 Å². The molecular weight excluding hydrogens is 544 g/mol. The molecule has 0 saturated carbocycles. The fraction of sp³-hybridized carbons (Fsp3) is 0.382. The van der Waals surface area contributed by atoms with Crippen molar-refractivity contribution in [3.8, 4) is 11.6 Å². The summed E-state index contributed by atoms with van der Waals surface area (Å²) in [6, 6.07) is 13.4. The Kier molecular flexibility index (Phi) is 8.44. The number of carbonyl (C=O) groups is 1. The maximum absolute atomic E-state index is 11.8. The van der Waals surface area contributed by atoms with E-state index in [9.17, 15) is 9.90 Å². The number of hydrogen-bond acceptors (Lipinski definition) is 7. The molecular formula is C34H38N4O5. The van der Waals surface area contributed by atoms with E-state index in [1.54, 1.807) is 6.92 Å². The Labute approximate surface area is 252 Å². The molecule has 1 aromatic heterocycles. The van der Waals surface area contributed by atoms with Gasteiger partial charge in [0.15, 0.2) is 6.23 Å². The highest BCUT2D eigenvalue weighted by molar-refractivity contribution is 6.11. The van der Waals surface area contributed by atoms with Crippen LogP contribution in [0.1, 0.15) is 64.9 Å². The predicted molar refractivity (Wildman–Crippen MR) is 165 cm³/mol. The summed E-state index contributed by atoms with van der Waals surface area (Å²) in [6.45, 7) is 9.92. The van der Waals surface area contributed by atoms with Gasteiger partial charge in [0.1, 0.15) is 17.9 Å². The number of ether oxygens (including phenoxy) is 3. The standard InChI is InChI=1S/C34H38N4O5/c1-22-6-4-8-29(31-9-5-7-23(2)38-33(43-24(3)36-31)30(19-35-38)34(39)40)32(22)42-21-25-10-11-27-20-37(15-12-26(27)18-25)28-13-16-41-17-14-28/h4-11,18-19,24,28H,12-17,20-21H2,1-3H3,(H,39,40)/b9-5-,23-7+,36-31-. The zero-order valence-electron chi connectivity index (χ0n) is 25.0. The zero-order valence-corrected chi connectivity index (χ0v) is 25.0. The second-order valence-corrected chi connectivity index (χ2v) is 11.4. The second-order valence-electron chi connectivity index (χ2n) is 11.4. The quantitative estimate of drug-likeness (QED) is 0.401. The lowest BCUT2D eigenvalue weighted by molar-refractivity contribution is 0.0290. The number of nitrogens with zero attached hydrogens (tertiary/aromatic N) is 4. The van der Waals surface area contributed by atoms with Gasteiger partial charge in [0, 0.05) is 43.6 Å². The first-order chi connectivity index (χ1) is 20.9. The van der Waals surface area contributed by atoms with Crippen LogP contribution in [-0.2, 0) is 24.3 Å². The maximum Gasteiger partial charge on any atom is 0.342 e. The van der Waals surface area contributed by atoms with Crippen LogP contribution in [0, 0.1) is 6.92 Å². The third-order valence-corrected chi connectivity index (χ3v) is 8.37. The Hall–Kier alpha value is -4.21. The molecule has 0 bridgehead atoms. The van der Waals surface area contributed by atoms with Crippen molar-refractivity contribution in [3.05, 3.63) is 94.2 Å². The Morgan fingerprint density at radius 3 is 2.79 bits per heavy atom. The fourth-order valence-corrected chi connectivity index (χ4v) is 6.06. The first kappa shape index (κ1) is 28.9. The molecule has 224 valence electrons. The molecule has 43 heavy (non-hydrogen) atoms. The molecule has 3 aliphatic rings.